The van der Waals surface area contributed by atoms with Crippen LogP contribution < -0.4 is 10.2 Å². The molecule has 0 radical (unpaired) electrons. The third-order valence-electron chi connectivity index (χ3n) is 3.75. The lowest BCUT2D eigenvalue weighted by atomic mass is 10.2. The van der Waals surface area contributed by atoms with Crippen molar-refractivity contribution in [1.29, 1.82) is 0 Å². The third kappa shape index (κ3) is 4.58. The molecule has 3 nitrogen and oxygen atoms in total. The summed E-state index contributed by atoms with van der Waals surface area (Å²) in [6.07, 6.45) is 0. The van der Waals surface area contributed by atoms with Gasteiger partial charge in [-0.2, -0.15) is 0 Å². The monoisotopic (exact) mass is 317 g/mol. The molecule has 2 N–H and O–H groups in total. The number of rotatable bonds is 6. The van der Waals surface area contributed by atoms with Crippen molar-refractivity contribution in [2.45, 2.75) is 20.4 Å². The number of halogens is 1. The summed E-state index contributed by atoms with van der Waals surface area (Å²) in [5.74, 6) is 0.0122. The standard InChI is InChI=1S/C18H21ClN2O/c1-3-21(12-15-8-5-4-6-9-15)13-18(22)20-17-11-7-10-16(19)14(17)2/h4-11H,3,12-13H2,1-2H3,(H,20,22)/p+1. The maximum Gasteiger partial charge on any atom is 0.279 e. The molecule has 2 aromatic rings. The summed E-state index contributed by atoms with van der Waals surface area (Å²) < 4.78 is 0. The van der Waals surface area contributed by atoms with Gasteiger partial charge in [0.1, 0.15) is 6.54 Å². The minimum atomic E-state index is 0.0122. The SMILES string of the molecule is CC[NH+](CC(=O)Nc1cccc(Cl)c1C)Cc1ccccc1. The number of nitrogens with one attached hydrogen (secondary N) is 2. The molecule has 2 rings (SSSR count). The predicted octanol–water partition coefficient (Wildman–Crippen LogP) is 2.69. The van der Waals surface area contributed by atoms with Gasteiger partial charge in [0.05, 0.1) is 6.54 Å². The Morgan fingerprint density at radius 2 is 1.86 bits per heavy atom. The van der Waals surface area contributed by atoms with Crippen molar-refractivity contribution in [3.8, 4) is 0 Å². The van der Waals surface area contributed by atoms with Crippen LogP contribution >= 0.6 is 11.6 Å². The van der Waals surface area contributed by atoms with Gasteiger partial charge in [0.15, 0.2) is 6.54 Å². The van der Waals surface area contributed by atoms with Crippen molar-refractivity contribution >= 4 is 23.2 Å². The zero-order chi connectivity index (χ0) is 15.9. The molecule has 116 valence electrons. The molecule has 22 heavy (non-hydrogen) atoms. The third-order valence-corrected chi connectivity index (χ3v) is 4.16. The maximum absolute atomic E-state index is 12.3. The molecule has 0 aliphatic heterocycles. The average molecular weight is 318 g/mol. The van der Waals surface area contributed by atoms with Gasteiger partial charge in [0.2, 0.25) is 0 Å². The lowest BCUT2D eigenvalue weighted by Crippen LogP contribution is -3.11. The molecule has 0 spiro atoms. The van der Waals surface area contributed by atoms with Crippen LogP contribution in [0, 0.1) is 6.92 Å². The fraction of sp³-hybridized carbons (Fsp3) is 0.278. The zero-order valence-electron chi connectivity index (χ0n) is 13.0. The molecule has 0 bridgehead atoms. The summed E-state index contributed by atoms with van der Waals surface area (Å²) in [6, 6.07) is 15.8. The Bertz CT molecular complexity index is 628. The highest BCUT2D eigenvalue weighted by atomic mass is 35.5. The van der Waals surface area contributed by atoms with E-state index in [2.05, 4.69) is 24.4 Å². The molecule has 0 fully saturated rings. The van der Waals surface area contributed by atoms with E-state index in [0.29, 0.717) is 11.6 Å². The summed E-state index contributed by atoms with van der Waals surface area (Å²) in [5.41, 5.74) is 2.93. The maximum atomic E-state index is 12.3. The van der Waals surface area contributed by atoms with Gasteiger partial charge >= 0.3 is 0 Å². The Labute approximate surface area is 136 Å². The highest BCUT2D eigenvalue weighted by Crippen LogP contribution is 2.22. The molecule has 0 aliphatic carbocycles. The van der Waals surface area contributed by atoms with E-state index in [4.69, 9.17) is 11.6 Å². The zero-order valence-corrected chi connectivity index (χ0v) is 13.8. The largest absolute Gasteiger partial charge is 0.324 e. The molecular weight excluding hydrogens is 296 g/mol. The first-order valence-electron chi connectivity index (χ1n) is 7.52. The Kier molecular flexibility index (Phi) is 5.99. The van der Waals surface area contributed by atoms with Crippen molar-refractivity contribution in [2.24, 2.45) is 0 Å². The van der Waals surface area contributed by atoms with Crippen molar-refractivity contribution in [3.63, 3.8) is 0 Å². The summed E-state index contributed by atoms with van der Waals surface area (Å²) in [7, 11) is 0. The quantitative estimate of drug-likeness (QED) is 0.844. The normalized spacial score (nSPS) is 12.0. The number of hydrogen-bond donors (Lipinski definition) is 2. The van der Waals surface area contributed by atoms with Crippen molar-refractivity contribution in [2.75, 3.05) is 18.4 Å². The highest BCUT2D eigenvalue weighted by Gasteiger charge is 2.14. The van der Waals surface area contributed by atoms with Gasteiger partial charge in [-0.05, 0) is 31.5 Å². The second-order valence-corrected chi connectivity index (χ2v) is 5.81. The van der Waals surface area contributed by atoms with Gasteiger partial charge in [-0.25, -0.2) is 0 Å². The molecule has 1 atom stereocenters. The van der Waals surface area contributed by atoms with Gasteiger partial charge in [-0.3, -0.25) is 4.79 Å². The van der Waals surface area contributed by atoms with E-state index in [-0.39, 0.29) is 5.91 Å². The first kappa shape index (κ1) is 16.5. The van der Waals surface area contributed by atoms with Gasteiger partial charge in [0, 0.05) is 16.3 Å². The number of quaternary nitrogens is 1. The summed E-state index contributed by atoms with van der Waals surface area (Å²) in [5, 5.41) is 3.63. The fourth-order valence-corrected chi connectivity index (χ4v) is 2.54. The predicted molar refractivity (Wildman–Crippen MR) is 91.3 cm³/mol. The number of hydrogen-bond acceptors (Lipinski definition) is 1. The number of likely N-dealkylation sites (N-methyl/N-ethyl adjacent to an activating group) is 1. The number of amides is 1. The molecular formula is C18H22ClN2O+. The molecule has 4 heteroatoms. The second kappa shape index (κ2) is 7.97. The smallest absolute Gasteiger partial charge is 0.279 e. The van der Waals surface area contributed by atoms with Crippen LogP contribution in [0.2, 0.25) is 5.02 Å². The summed E-state index contributed by atoms with van der Waals surface area (Å²) >= 11 is 6.08. The van der Waals surface area contributed by atoms with Gasteiger partial charge in [0.25, 0.3) is 5.91 Å². The first-order valence-corrected chi connectivity index (χ1v) is 7.90. The molecule has 0 saturated carbocycles. The lowest BCUT2D eigenvalue weighted by molar-refractivity contribution is -0.903. The topological polar surface area (TPSA) is 33.5 Å². The van der Waals surface area contributed by atoms with E-state index in [1.807, 2.05) is 43.3 Å². The van der Waals surface area contributed by atoms with Crippen LogP contribution in [0.4, 0.5) is 5.69 Å². The average Bonchev–Trinajstić information content (AvgIpc) is 2.52. The molecule has 0 aliphatic rings. The van der Waals surface area contributed by atoms with E-state index < -0.39 is 0 Å². The molecule has 0 aromatic heterocycles. The first-order chi connectivity index (χ1) is 10.6. The van der Waals surface area contributed by atoms with E-state index in [9.17, 15) is 4.79 Å². The van der Waals surface area contributed by atoms with Gasteiger partial charge in [-0.15, -0.1) is 0 Å². The van der Waals surface area contributed by atoms with Crippen LogP contribution in [0.3, 0.4) is 0 Å². The number of anilines is 1. The van der Waals surface area contributed by atoms with E-state index in [1.54, 1.807) is 0 Å². The van der Waals surface area contributed by atoms with Gasteiger partial charge < -0.3 is 10.2 Å². The number of carbonyl (C=O) groups is 1. The van der Waals surface area contributed by atoms with Crippen LogP contribution in [0.1, 0.15) is 18.1 Å². The molecule has 0 saturated heterocycles. The summed E-state index contributed by atoms with van der Waals surface area (Å²) in [4.78, 5) is 13.5. The Hall–Kier alpha value is -1.84. The Balaban J connectivity index is 1.96. The molecule has 1 unspecified atom stereocenters. The second-order valence-electron chi connectivity index (χ2n) is 5.40. The fourth-order valence-electron chi connectivity index (χ4n) is 2.36. The Morgan fingerprint density at radius 1 is 1.14 bits per heavy atom. The summed E-state index contributed by atoms with van der Waals surface area (Å²) in [6.45, 7) is 6.19. The van der Waals surface area contributed by atoms with Crippen molar-refractivity contribution in [3.05, 3.63) is 64.7 Å². The van der Waals surface area contributed by atoms with Crippen LogP contribution in [0.25, 0.3) is 0 Å². The number of carbonyl (C=O) groups excluding carboxylic acids is 1. The lowest BCUT2D eigenvalue weighted by Gasteiger charge is -2.18. The van der Waals surface area contributed by atoms with E-state index >= 15 is 0 Å². The van der Waals surface area contributed by atoms with E-state index in [0.717, 1.165) is 24.3 Å². The minimum absolute atomic E-state index is 0.0122. The van der Waals surface area contributed by atoms with Crippen LogP contribution in [-0.4, -0.2) is 19.0 Å². The van der Waals surface area contributed by atoms with Crippen LogP contribution in [0.5, 0.6) is 0 Å². The van der Waals surface area contributed by atoms with E-state index in [1.165, 1.54) is 10.5 Å². The molecule has 2 aromatic carbocycles. The highest BCUT2D eigenvalue weighted by molar-refractivity contribution is 6.31. The molecule has 1 amide bonds. The van der Waals surface area contributed by atoms with Crippen LogP contribution in [0.15, 0.2) is 48.5 Å². The number of benzene rings is 2. The van der Waals surface area contributed by atoms with Crippen LogP contribution in [-0.2, 0) is 11.3 Å². The van der Waals surface area contributed by atoms with Gasteiger partial charge in [-0.1, -0.05) is 48.0 Å². The van der Waals surface area contributed by atoms with Crippen molar-refractivity contribution < 1.29 is 9.69 Å². The Morgan fingerprint density at radius 3 is 2.55 bits per heavy atom. The molecule has 0 heterocycles. The van der Waals surface area contributed by atoms with Crippen molar-refractivity contribution in [1.82, 2.24) is 0 Å². The minimum Gasteiger partial charge on any atom is -0.324 e.